The van der Waals surface area contributed by atoms with Gasteiger partial charge < -0.3 is 5.32 Å². The Hall–Kier alpha value is -3.39. The molecule has 0 aliphatic rings. The number of hydrogen-bond donors (Lipinski definition) is 1. The van der Waals surface area contributed by atoms with Gasteiger partial charge in [0.25, 0.3) is 5.91 Å². The Balaban J connectivity index is 1.80. The van der Waals surface area contributed by atoms with Crippen LogP contribution >= 0.6 is 0 Å². The summed E-state index contributed by atoms with van der Waals surface area (Å²) in [6, 6.07) is 11.2. The first-order valence-corrected chi connectivity index (χ1v) is 9.29. The Morgan fingerprint density at radius 3 is 2.75 bits per heavy atom. The lowest BCUT2D eigenvalue weighted by atomic mass is 10.0. The van der Waals surface area contributed by atoms with Crippen LogP contribution in [0.3, 0.4) is 0 Å². The Morgan fingerprint density at radius 1 is 1.21 bits per heavy atom. The van der Waals surface area contributed by atoms with Crippen LogP contribution in [-0.2, 0) is 13.5 Å². The van der Waals surface area contributed by atoms with E-state index in [4.69, 9.17) is 0 Å². The smallest absolute Gasteiger partial charge is 0.256 e. The number of nitrogens with zero attached hydrogens (tertiary/aromatic N) is 3. The summed E-state index contributed by atoms with van der Waals surface area (Å²) in [5.41, 5.74) is 4.21. The summed E-state index contributed by atoms with van der Waals surface area (Å²) < 4.78 is 1.70. The lowest BCUT2D eigenvalue weighted by Crippen LogP contribution is -2.14. The van der Waals surface area contributed by atoms with Crippen molar-refractivity contribution < 1.29 is 4.79 Å². The van der Waals surface area contributed by atoms with Gasteiger partial charge in [0.05, 0.1) is 5.69 Å². The van der Waals surface area contributed by atoms with Crippen LogP contribution < -0.4 is 5.32 Å². The van der Waals surface area contributed by atoms with Gasteiger partial charge in [0.1, 0.15) is 5.82 Å². The van der Waals surface area contributed by atoms with Crippen LogP contribution in [0, 0.1) is 24.7 Å². The van der Waals surface area contributed by atoms with E-state index in [-0.39, 0.29) is 5.91 Å². The average Bonchev–Trinajstić information content (AvgIpc) is 3.00. The van der Waals surface area contributed by atoms with Gasteiger partial charge in [-0.2, -0.15) is 5.10 Å². The number of nitrogens with one attached hydrogen (secondary N) is 1. The number of aromatic nitrogens is 3. The summed E-state index contributed by atoms with van der Waals surface area (Å²) in [5, 5.41) is 7.41. The van der Waals surface area contributed by atoms with Crippen molar-refractivity contribution in [3.8, 4) is 11.8 Å². The Labute approximate surface area is 165 Å². The maximum Gasteiger partial charge on any atom is 0.256 e. The Morgan fingerprint density at radius 2 is 2.04 bits per heavy atom. The van der Waals surface area contributed by atoms with E-state index in [0.717, 1.165) is 28.8 Å². The van der Waals surface area contributed by atoms with Gasteiger partial charge in [0.15, 0.2) is 0 Å². The van der Waals surface area contributed by atoms with Crippen LogP contribution in [0.15, 0.2) is 48.8 Å². The standard InChI is InChI=1S/C23H24N4O/c1-16(2)12-21-14-22(27(4)26-21)25-23(28)20-9-7-17(3)19(13-20)10-8-18-6-5-11-24-15-18/h5-7,9,11,13-16H,12H2,1-4H3,(H,25,28). The van der Waals surface area contributed by atoms with E-state index in [1.165, 1.54) is 0 Å². The number of carbonyl (C=O) groups excluding carboxylic acids is 1. The van der Waals surface area contributed by atoms with E-state index < -0.39 is 0 Å². The summed E-state index contributed by atoms with van der Waals surface area (Å²) in [7, 11) is 1.83. The Kier molecular flexibility index (Phi) is 5.90. The van der Waals surface area contributed by atoms with E-state index >= 15 is 0 Å². The number of rotatable bonds is 4. The third-order valence-corrected chi connectivity index (χ3v) is 4.29. The van der Waals surface area contributed by atoms with Crippen molar-refractivity contribution in [2.45, 2.75) is 27.2 Å². The van der Waals surface area contributed by atoms with E-state index in [1.54, 1.807) is 17.1 Å². The maximum absolute atomic E-state index is 12.7. The molecule has 1 aromatic carbocycles. The van der Waals surface area contributed by atoms with Crippen molar-refractivity contribution in [3.05, 3.63) is 76.7 Å². The zero-order valence-electron chi connectivity index (χ0n) is 16.7. The molecule has 0 unspecified atom stereocenters. The number of anilines is 1. The molecule has 1 N–H and O–H groups in total. The molecule has 5 heteroatoms. The number of benzene rings is 1. The van der Waals surface area contributed by atoms with E-state index in [9.17, 15) is 4.79 Å². The molecule has 2 heterocycles. The highest BCUT2D eigenvalue weighted by Crippen LogP contribution is 2.16. The molecule has 0 bridgehead atoms. The van der Waals surface area contributed by atoms with Crippen LogP contribution in [-0.4, -0.2) is 20.7 Å². The van der Waals surface area contributed by atoms with Crippen molar-refractivity contribution in [3.63, 3.8) is 0 Å². The largest absolute Gasteiger partial charge is 0.307 e. The molecule has 0 saturated heterocycles. The summed E-state index contributed by atoms with van der Waals surface area (Å²) in [6.45, 7) is 6.27. The molecular formula is C23H24N4O. The second kappa shape index (κ2) is 8.53. The number of carbonyl (C=O) groups is 1. The van der Waals surface area contributed by atoms with Gasteiger partial charge >= 0.3 is 0 Å². The fourth-order valence-corrected chi connectivity index (χ4v) is 2.82. The summed E-state index contributed by atoms with van der Waals surface area (Å²) in [6.07, 6.45) is 4.31. The maximum atomic E-state index is 12.7. The number of hydrogen-bond acceptors (Lipinski definition) is 3. The van der Waals surface area contributed by atoms with E-state index in [2.05, 4.69) is 41.1 Å². The van der Waals surface area contributed by atoms with Crippen LogP contribution in [0.1, 0.15) is 46.6 Å². The minimum Gasteiger partial charge on any atom is -0.307 e. The molecule has 3 rings (SSSR count). The minimum absolute atomic E-state index is 0.177. The molecule has 1 amide bonds. The van der Waals surface area contributed by atoms with Gasteiger partial charge in [-0.25, -0.2) is 0 Å². The molecule has 28 heavy (non-hydrogen) atoms. The first-order chi connectivity index (χ1) is 13.4. The van der Waals surface area contributed by atoms with Crippen molar-refractivity contribution >= 4 is 11.7 Å². The molecule has 3 aromatic rings. The molecule has 5 nitrogen and oxygen atoms in total. The quantitative estimate of drug-likeness (QED) is 0.705. The summed E-state index contributed by atoms with van der Waals surface area (Å²) >= 11 is 0. The van der Waals surface area contributed by atoms with Gasteiger partial charge in [-0.15, -0.1) is 0 Å². The van der Waals surface area contributed by atoms with Gasteiger partial charge in [-0.05, 0) is 49.1 Å². The number of amides is 1. The first kappa shape index (κ1) is 19.4. The van der Waals surface area contributed by atoms with Crippen molar-refractivity contribution in [2.24, 2.45) is 13.0 Å². The lowest BCUT2D eigenvalue weighted by Gasteiger charge is -2.07. The number of pyridine rings is 1. The molecule has 2 aromatic heterocycles. The number of aryl methyl sites for hydroxylation is 2. The average molecular weight is 372 g/mol. The minimum atomic E-state index is -0.177. The van der Waals surface area contributed by atoms with Gasteiger partial charge in [0.2, 0.25) is 0 Å². The molecule has 0 aliphatic carbocycles. The van der Waals surface area contributed by atoms with Crippen molar-refractivity contribution in [1.82, 2.24) is 14.8 Å². The highest BCUT2D eigenvalue weighted by atomic mass is 16.1. The van der Waals surface area contributed by atoms with Gasteiger partial charge in [-0.3, -0.25) is 14.5 Å². The predicted molar refractivity (Wildman–Crippen MR) is 111 cm³/mol. The normalized spacial score (nSPS) is 10.5. The third kappa shape index (κ3) is 4.86. The molecule has 0 fully saturated rings. The van der Waals surface area contributed by atoms with Crippen LogP contribution in [0.5, 0.6) is 0 Å². The molecule has 142 valence electrons. The monoisotopic (exact) mass is 372 g/mol. The van der Waals surface area contributed by atoms with Crippen molar-refractivity contribution in [2.75, 3.05) is 5.32 Å². The predicted octanol–water partition coefficient (Wildman–Crippen LogP) is 3.97. The van der Waals surface area contributed by atoms with Crippen LogP contribution in [0.25, 0.3) is 0 Å². The molecule has 0 spiro atoms. The lowest BCUT2D eigenvalue weighted by molar-refractivity contribution is 0.102. The molecule has 0 atom stereocenters. The highest BCUT2D eigenvalue weighted by molar-refractivity contribution is 6.04. The fraction of sp³-hybridized carbons (Fsp3) is 0.261. The zero-order chi connectivity index (χ0) is 20.1. The summed E-state index contributed by atoms with van der Waals surface area (Å²) in [5.74, 6) is 7.25. The van der Waals surface area contributed by atoms with Crippen LogP contribution in [0.4, 0.5) is 5.82 Å². The first-order valence-electron chi connectivity index (χ1n) is 9.29. The van der Waals surface area contributed by atoms with Gasteiger partial charge in [0, 0.05) is 42.2 Å². The highest BCUT2D eigenvalue weighted by Gasteiger charge is 2.12. The third-order valence-electron chi connectivity index (χ3n) is 4.29. The molecule has 0 aliphatic heterocycles. The second-order valence-electron chi connectivity index (χ2n) is 7.22. The van der Waals surface area contributed by atoms with E-state index in [0.29, 0.717) is 17.3 Å². The second-order valence-corrected chi connectivity index (χ2v) is 7.22. The molecule has 0 radical (unpaired) electrons. The zero-order valence-corrected chi connectivity index (χ0v) is 16.7. The Bertz CT molecular complexity index is 1040. The molecular weight excluding hydrogens is 348 g/mol. The SMILES string of the molecule is Cc1ccc(C(=O)Nc2cc(CC(C)C)nn2C)cc1C#Cc1cccnc1. The van der Waals surface area contributed by atoms with Gasteiger partial charge in [-0.1, -0.05) is 31.8 Å². The summed E-state index contributed by atoms with van der Waals surface area (Å²) in [4.78, 5) is 16.8. The fourth-order valence-electron chi connectivity index (χ4n) is 2.82. The molecule has 0 saturated carbocycles. The topological polar surface area (TPSA) is 59.8 Å². The van der Waals surface area contributed by atoms with E-state index in [1.807, 2.05) is 50.4 Å². The van der Waals surface area contributed by atoms with Crippen molar-refractivity contribution in [1.29, 1.82) is 0 Å². The van der Waals surface area contributed by atoms with Crippen LogP contribution in [0.2, 0.25) is 0 Å².